The highest BCUT2D eigenvalue weighted by molar-refractivity contribution is 6.06. The average Bonchev–Trinajstić information content (AvgIpc) is 2.99. The van der Waals surface area contributed by atoms with Crippen LogP contribution in [-0.4, -0.2) is 21.5 Å². The highest BCUT2D eigenvalue weighted by Crippen LogP contribution is 2.20. The smallest absolute Gasteiger partial charge is 0.250 e. The number of primary amides is 1. The highest BCUT2D eigenvalue weighted by Gasteiger charge is 2.14. The lowest BCUT2D eigenvalue weighted by atomic mass is 10.1. The van der Waals surface area contributed by atoms with Crippen molar-refractivity contribution in [2.24, 2.45) is 5.73 Å². The molecule has 0 aliphatic heterocycles. The third kappa shape index (κ3) is 3.54. The Morgan fingerprint density at radius 3 is 2.44 bits per heavy atom. The van der Waals surface area contributed by atoms with Gasteiger partial charge in [0.05, 0.1) is 12.2 Å². The number of carbonyl (C=O) groups excluding carboxylic acids is 2. The van der Waals surface area contributed by atoms with Gasteiger partial charge in [0.1, 0.15) is 6.54 Å². The molecule has 0 aliphatic rings. The van der Waals surface area contributed by atoms with Gasteiger partial charge in [-0.15, -0.1) is 0 Å². The van der Waals surface area contributed by atoms with Gasteiger partial charge in [0.2, 0.25) is 5.91 Å². The van der Waals surface area contributed by atoms with Gasteiger partial charge in [0, 0.05) is 23.6 Å². The first-order valence-electron chi connectivity index (χ1n) is 7.92. The van der Waals surface area contributed by atoms with Crippen molar-refractivity contribution in [1.82, 2.24) is 9.88 Å². The molecule has 0 fully saturated rings. The predicted molar refractivity (Wildman–Crippen MR) is 94.7 cm³/mol. The van der Waals surface area contributed by atoms with Gasteiger partial charge < -0.3 is 20.7 Å². The number of carbonyl (C=O) groups is 2. The van der Waals surface area contributed by atoms with Gasteiger partial charge in [0.25, 0.3) is 5.91 Å². The Kier molecular flexibility index (Phi) is 4.81. The fraction of sp³-hybridized carbons (Fsp3) is 0.158. The molecule has 0 aliphatic carbocycles. The van der Waals surface area contributed by atoms with Crippen molar-refractivity contribution in [3.05, 3.63) is 71.4 Å². The second-order valence-corrected chi connectivity index (χ2v) is 5.76. The van der Waals surface area contributed by atoms with Crippen LogP contribution in [0.15, 0.2) is 54.7 Å². The molecule has 0 spiro atoms. The van der Waals surface area contributed by atoms with Crippen molar-refractivity contribution < 1.29 is 14.7 Å². The molecule has 0 saturated heterocycles. The van der Waals surface area contributed by atoms with E-state index in [1.807, 2.05) is 42.5 Å². The van der Waals surface area contributed by atoms with E-state index in [1.165, 1.54) is 0 Å². The third-order valence-electron chi connectivity index (χ3n) is 4.13. The summed E-state index contributed by atoms with van der Waals surface area (Å²) in [7, 11) is 0. The van der Waals surface area contributed by atoms with Gasteiger partial charge in [-0.1, -0.05) is 42.5 Å². The molecule has 6 nitrogen and oxygen atoms in total. The lowest BCUT2D eigenvalue weighted by Crippen LogP contribution is -2.27. The zero-order chi connectivity index (χ0) is 17.8. The van der Waals surface area contributed by atoms with Crippen LogP contribution in [0, 0.1) is 0 Å². The van der Waals surface area contributed by atoms with E-state index in [2.05, 4.69) is 5.32 Å². The number of aliphatic hydroxyl groups is 1. The maximum absolute atomic E-state index is 12.3. The van der Waals surface area contributed by atoms with E-state index >= 15 is 0 Å². The Bertz CT molecular complexity index is 931. The van der Waals surface area contributed by atoms with E-state index in [4.69, 9.17) is 5.73 Å². The quantitative estimate of drug-likeness (QED) is 0.636. The summed E-state index contributed by atoms with van der Waals surface area (Å²) < 4.78 is 1.71. The molecule has 0 radical (unpaired) electrons. The molecule has 4 N–H and O–H groups in total. The number of fused-ring (bicyclic) bond motifs is 1. The number of amides is 2. The van der Waals surface area contributed by atoms with Crippen molar-refractivity contribution in [3.8, 4) is 0 Å². The maximum Gasteiger partial charge on any atom is 0.250 e. The summed E-state index contributed by atoms with van der Waals surface area (Å²) in [5.41, 5.74) is 8.24. The molecule has 2 aromatic carbocycles. The third-order valence-corrected chi connectivity index (χ3v) is 4.13. The Labute approximate surface area is 144 Å². The minimum atomic E-state index is -0.521. The number of benzene rings is 2. The maximum atomic E-state index is 12.3. The molecule has 3 rings (SSSR count). The average molecular weight is 337 g/mol. The number of hydrogen-bond acceptors (Lipinski definition) is 3. The molecule has 0 unspecified atom stereocenters. The number of nitrogens with zero attached hydrogens (tertiary/aromatic N) is 1. The van der Waals surface area contributed by atoms with Crippen molar-refractivity contribution in [2.45, 2.75) is 19.7 Å². The second kappa shape index (κ2) is 7.19. The molecule has 2 amide bonds. The Hall–Kier alpha value is -3.12. The fourth-order valence-corrected chi connectivity index (χ4v) is 2.86. The minimum absolute atomic E-state index is 0.0732. The predicted octanol–water partition coefficient (Wildman–Crippen LogP) is 1.55. The number of aromatic nitrogens is 1. The summed E-state index contributed by atoms with van der Waals surface area (Å²) in [5.74, 6) is -0.711. The van der Waals surface area contributed by atoms with Crippen LogP contribution in [0.2, 0.25) is 0 Å². The van der Waals surface area contributed by atoms with Gasteiger partial charge in [-0.25, -0.2) is 0 Å². The summed E-state index contributed by atoms with van der Waals surface area (Å²) in [5, 5.41) is 12.9. The molecule has 1 heterocycles. The van der Waals surface area contributed by atoms with Gasteiger partial charge in [-0.05, 0) is 17.2 Å². The standard InChI is InChI=1S/C19H19N3O3/c20-19(25)16-10-22(17-8-4-3-7-15(16)17)11-18(24)21-9-13-5-1-2-6-14(13)12-23/h1-8,10,23H,9,11-12H2,(H2,20,25)(H,21,24). The molecule has 128 valence electrons. The van der Waals surface area contributed by atoms with E-state index in [-0.39, 0.29) is 19.1 Å². The molecule has 0 atom stereocenters. The fourth-order valence-electron chi connectivity index (χ4n) is 2.86. The van der Waals surface area contributed by atoms with E-state index < -0.39 is 5.91 Å². The molecule has 0 saturated carbocycles. The minimum Gasteiger partial charge on any atom is -0.392 e. The Morgan fingerprint density at radius 2 is 1.72 bits per heavy atom. The molecule has 0 bridgehead atoms. The second-order valence-electron chi connectivity index (χ2n) is 5.76. The monoisotopic (exact) mass is 337 g/mol. The van der Waals surface area contributed by atoms with Crippen LogP contribution in [0.4, 0.5) is 0 Å². The molecule has 1 aromatic heterocycles. The van der Waals surface area contributed by atoms with E-state index in [0.29, 0.717) is 12.1 Å². The molecular weight excluding hydrogens is 318 g/mol. The van der Waals surface area contributed by atoms with E-state index in [0.717, 1.165) is 22.0 Å². The lowest BCUT2D eigenvalue weighted by Gasteiger charge is -2.10. The van der Waals surface area contributed by atoms with Gasteiger partial charge in [-0.3, -0.25) is 9.59 Å². The van der Waals surface area contributed by atoms with Crippen molar-refractivity contribution in [3.63, 3.8) is 0 Å². The summed E-state index contributed by atoms with van der Waals surface area (Å²) >= 11 is 0. The summed E-state index contributed by atoms with van der Waals surface area (Å²) in [6, 6.07) is 14.7. The summed E-state index contributed by atoms with van der Waals surface area (Å²) in [6.45, 7) is 0.336. The van der Waals surface area contributed by atoms with Crippen LogP contribution in [0.25, 0.3) is 10.9 Å². The first-order valence-corrected chi connectivity index (χ1v) is 7.92. The van der Waals surface area contributed by atoms with Crippen LogP contribution in [-0.2, 0) is 24.5 Å². The lowest BCUT2D eigenvalue weighted by molar-refractivity contribution is -0.121. The highest BCUT2D eigenvalue weighted by atomic mass is 16.3. The zero-order valence-corrected chi connectivity index (χ0v) is 13.6. The van der Waals surface area contributed by atoms with Crippen LogP contribution in [0.5, 0.6) is 0 Å². The van der Waals surface area contributed by atoms with Crippen molar-refractivity contribution >= 4 is 22.7 Å². The zero-order valence-electron chi connectivity index (χ0n) is 13.6. The largest absolute Gasteiger partial charge is 0.392 e. The normalized spacial score (nSPS) is 10.8. The van der Waals surface area contributed by atoms with E-state index in [9.17, 15) is 14.7 Å². The first kappa shape index (κ1) is 16.7. The number of nitrogens with one attached hydrogen (secondary N) is 1. The molecule has 3 aromatic rings. The van der Waals surface area contributed by atoms with Crippen LogP contribution >= 0.6 is 0 Å². The SMILES string of the molecule is NC(=O)c1cn(CC(=O)NCc2ccccc2CO)c2ccccc12. The number of hydrogen-bond donors (Lipinski definition) is 3. The molecule has 6 heteroatoms. The van der Waals surface area contributed by atoms with Crippen LogP contribution in [0.1, 0.15) is 21.5 Å². The van der Waals surface area contributed by atoms with Gasteiger partial charge in [-0.2, -0.15) is 0 Å². The molecule has 25 heavy (non-hydrogen) atoms. The van der Waals surface area contributed by atoms with Crippen molar-refractivity contribution in [1.29, 1.82) is 0 Å². The number of para-hydroxylation sites is 1. The van der Waals surface area contributed by atoms with Gasteiger partial charge in [0.15, 0.2) is 0 Å². The van der Waals surface area contributed by atoms with Crippen LogP contribution < -0.4 is 11.1 Å². The first-order chi connectivity index (χ1) is 12.1. The number of aliphatic hydroxyl groups excluding tert-OH is 1. The van der Waals surface area contributed by atoms with Crippen LogP contribution in [0.3, 0.4) is 0 Å². The summed E-state index contributed by atoms with van der Waals surface area (Å²) in [6.07, 6.45) is 1.61. The molecular formula is C19H19N3O3. The summed E-state index contributed by atoms with van der Waals surface area (Å²) in [4.78, 5) is 23.9. The number of nitrogens with two attached hydrogens (primary N) is 1. The Morgan fingerprint density at radius 1 is 1.04 bits per heavy atom. The van der Waals surface area contributed by atoms with Crippen molar-refractivity contribution in [2.75, 3.05) is 0 Å². The van der Waals surface area contributed by atoms with Gasteiger partial charge >= 0.3 is 0 Å². The Balaban J connectivity index is 1.75. The topological polar surface area (TPSA) is 97.4 Å². The van der Waals surface area contributed by atoms with E-state index in [1.54, 1.807) is 16.8 Å². The number of rotatable bonds is 6.